The standard InChI is InChI=1S/C17H19N5O2/c1-11-10-19-16(20-11)14-4-3-13(9-15(14)24-2)22-17-18-7-5-12(21-17)6-8-23/h3-5,7,9-10,23H,6,8H2,1-2H3,(H,19,20)(H,18,21,22). The van der Waals surface area contributed by atoms with Gasteiger partial charge in [-0.1, -0.05) is 0 Å². The van der Waals surface area contributed by atoms with E-state index >= 15 is 0 Å². The highest BCUT2D eigenvalue weighted by Crippen LogP contribution is 2.31. The van der Waals surface area contributed by atoms with Crippen LogP contribution < -0.4 is 10.1 Å². The molecule has 0 unspecified atom stereocenters. The van der Waals surface area contributed by atoms with Gasteiger partial charge in [-0.05, 0) is 25.1 Å². The Hall–Kier alpha value is -2.93. The van der Waals surface area contributed by atoms with Gasteiger partial charge in [-0.3, -0.25) is 0 Å². The minimum atomic E-state index is 0.0571. The van der Waals surface area contributed by atoms with Gasteiger partial charge in [0.1, 0.15) is 11.6 Å². The Kier molecular flexibility index (Phi) is 4.72. The van der Waals surface area contributed by atoms with Gasteiger partial charge in [-0.25, -0.2) is 15.0 Å². The number of aliphatic hydroxyl groups excluding tert-OH is 1. The molecule has 24 heavy (non-hydrogen) atoms. The van der Waals surface area contributed by atoms with Crippen LogP contribution in [0.5, 0.6) is 5.75 Å². The van der Waals surface area contributed by atoms with Crippen LogP contribution in [0.15, 0.2) is 36.7 Å². The van der Waals surface area contributed by atoms with E-state index < -0.39 is 0 Å². The second-order valence-corrected chi connectivity index (χ2v) is 5.30. The summed E-state index contributed by atoms with van der Waals surface area (Å²) in [5, 5.41) is 12.1. The van der Waals surface area contributed by atoms with E-state index in [-0.39, 0.29) is 6.61 Å². The van der Waals surface area contributed by atoms with Crippen LogP contribution in [0, 0.1) is 6.92 Å². The molecule has 0 atom stereocenters. The smallest absolute Gasteiger partial charge is 0.227 e. The number of anilines is 2. The summed E-state index contributed by atoms with van der Waals surface area (Å²) in [7, 11) is 1.62. The lowest BCUT2D eigenvalue weighted by atomic mass is 10.1. The molecular formula is C17H19N5O2. The molecule has 0 aliphatic rings. The number of H-pyrrole nitrogens is 1. The van der Waals surface area contributed by atoms with Crippen LogP contribution in [-0.2, 0) is 6.42 Å². The number of aromatic amines is 1. The van der Waals surface area contributed by atoms with E-state index in [2.05, 4.69) is 25.3 Å². The quantitative estimate of drug-likeness (QED) is 0.644. The van der Waals surface area contributed by atoms with Crippen LogP contribution in [0.25, 0.3) is 11.4 Å². The molecule has 1 aromatic carbocycles. The van der Waals surface area contributed by atoms with Gasteiger partial charge in [0.15, 0.2) is 0 Å². The number of ether oxygens (including phenoxy) is 1. The van der Waals surface area contributed by atoms with Crippen molar-refractivity contribution in [2.75, 3.05) is 19.0 Å². The highest BCUT2D eigenvalue weighted by Gasteiger charge is 2.10. The fourth-order valence-electron chi connectivity index (χ4n) is 2.35. The van der Waals surface area contributed by atoms with Gasteiger partial charge < -0.3 is 20.1 Å². The first-order chi connectivity index (χ1) is 11.7. The summed E-state index contributed by atoms with van der Waals surface area (Å²) < 4.78 is 5.48. The number of benzene rings is 1. The number of nitrogens with one attached hydrogen (secondary N) is 2. The maximum atomic E-state index is 9.00. The lowest BCUT2D eigenvalue weighted by Crippen LogP contribution is -2.02. The second kappa shape index (κ2) is 7.10. The van der Waals surface area contributed by atoms with E-state index in [4.69, 9.17) is 9.84 Å². The average molecular weight is 325 g/mol. The predicted molar refractivity (Wildman–Crippen MR) is 91.4 cm³/mol. The summed E-state index contributed by atoms with van der Waals surface area (Å²) in [5.74, 6) is 1.93. The summed E-state index contributed by atoms with van der Waals surface area (Å²) >= 11 is 0. The third kappa shape index (κ3) is 3.52. The molecular weight excluding hydrogens is 306 g/mol. The molecule has 0 bridgehead atoms. The lowest BCUT2D eigenvalue weighted by molar-refractivity contribution is 0.298. The fourth-order valence-corrected chi connectivity index (χ4v) is 2.35. The summed E-state index contributed by atoms with van der Waals surface area (Å²) in [6, 6.07) is 7.49. The molecule has 0 aliphatic heterocycles. The fraction of sp³-hybridized carbons (Fsp3) is 0.235. The number of imidazole rings is 1. The van der Waals surface area contributed by atoms with E-state index in [1.165, 1.54) is 0 Å². The number of aliphatic hydroxyl groups is 1. The Morgan fingerprint density at radius 3 is 2.83 bits per heavy atom. The van der Waals surface area contributed by atoms with Gasteiger partial charge in [-0.15, -0.1) is 0 Å². The number of aromatic nitrogens is 4. The molecule has 0 saturated heterocycles. The molecule has 7 nitrogen and oxygen atoms in total. The lowest BCUT2D eigenvalue weighted by Gasteiger charge is -2.10. The van der Waals surface area contributed by atoms with Crippen molar-refractivity contribution in [2.24, 2.45) is 0 Å². The van der Waals surface area contributed by atoms with Crippen molar-refractivity contribution in [1.29, 1.82) is 0 Å². The molecule has 0 saturated carbocycles. The van der Waals surface area contributed by atoms with Gasteiger partial charge in [0.05, 0.1) is 12.7 Å². The van der Waals surface area contributed by atoms with Crippen molar-refractivity contribution in [1.82, 2.24) is 19.9 Å². The third-order valence-electron chi connectivity index (χ3n) is 3.50. The summed E-state index contributed by atoms with van der Waals surface area (Å²) in [4.78, 5) is 16.1. The summed E-state index contributed by atoms with van der Waals surface area (Å²) in [5.41, 5.74) is 3.46. The molecule has 2 aromatic heterocycles. The van der Waals surface area contributed by atoms with Crippen LogP contribution in [0.1, 0.15) is 11.4 Å². The molecule has 7 heteroatoms. The molecule has 3 N–H and O–H groups in total. The van der Waals surface area contributed by atoms with Crippen LogP contribution in [-0.4, -0.2) is 38.8 Å². The Balaban J connectivity index is 1.86. The Morgan fingerprint density at radius 1 is 1.25 bits per heavy atom. The molecule has 124 valence electrons. The molecule has 2 heterocycles. The average Bonchev–Trinajstić information content (AvgIpc) is 3.01. The maximum absolute atomic E-state index is 9.00. The Labute approximate surface area is 139 Å². The van der Waals surface area contributed by atoms with E-state index in [0.717, 1.165) is 28.5 Å². The predicted octanol–water partition coefficient (Wildman–Crippen LogP) is 2.46. The van der Waals surface area contributed by atoms with Crippen molar-refractivity contribution in [3.8, 4) is 17.1 Å². The molecule has 0 spiro atoms. The molecule has 0 aliphatic carbocycles. The Bertz CT molecular complexity index is 831. The maximum Gasteiger partial charge on any atom is 0.227 e. The summed E-state index contributed by atoms with van der Waals surface area (Å²) in [6.07, 6.45) is 3.94. The SMILES string of the molecule is COc1cc(Nc2nccc(CCO)n2)ccc1-c1ncc(C)[nH]1. The number of hydrogen-bond acceptors (Lipinski definition) is 6. The monoisotopic (exact) mass is 325 g/mol. The highest BCUT2D eigenvalue weighted by atomic mass is 16.5. The van der Waals surface area contributed by atoms with E-state index in [9.17, 15) is 0 Å². The van der Waals surface area contributed by atoms with Crippen LogP contribution >= 0.6 is 0 Å². The normalized spacial score (nSPS) is 10.6. The van der Waals surface area contributed by atoms with Crippen molar-refractivity contribution in [3.63, 3.8) is 0 Å². The zero-order valence-corrected chi connectivity index (χ0v) is 13.6. The van der Waals surface area contributed by atoms with Crippen LogP contribution in [0.2, 0.25) is 0 Å². The number of rotatable bonds is 6. The van der Waals surface area contributed by atoms with Gasteiger partial charge in [-0.2, -0.15) is 0 Å². The molecule has 0 amide bonds. The van der Waals surface area contributed by atoms with E-state index in [0.29, 0.717) is 18.1 Å². The van der Waals surface area contributed by atoms with Gasteiger partial charge in [0.2, 0.25) is 5.95 Å². The zero-order chi connectivity index (χ0) is 16.9. The number of hydrogen-bond donors (Lipinski definition) is 3. The van der Waals surface area contributed by atoms with E-state index in [1.54, 1.807) is 25.6 Å². The molecule has 3 aromatic rings. The molecule has 0 radical (unpaired) electrons. The van der Waals surface area contributed by atoms with Gasteiger partial charge in [0, 0.05) is 48.6 Å². The van der Waals surface area contributed by atoms with Crippen molar-refractivity contribution in [3.05, 3.63) is 48.0 Å². The minimum absolute atomic E-state index is 0.0571. The largest absolute Gasteiger partial charge is 0.496 e. The summed E-state index contributed by atoms with van der Waals surface area (Å²) in [6.45, 7) is 2.01. The first-order valence-corrected chi connectivity index (χ1v) is 7.59. The van der Waals surface area contributed by atoms with Crippen molar-refractivity contribution >= 4 is 11.6 Å². The van der Waals surface area contributed by atoms with E-state index in [1.807, 2.05) is 25.1 Å². The first-order valence-electron chi connectivity index (χ1n) is 7.59. The number of nitrogens with zero attached hydrogens (tertiary/aromatic N) is 3. The first kappa shape index (κ1) is 15.9. The third-order valence-corrected chi connectivity index (χ3v) is 3.50. The van der Waals surface area contributed by atoms with Crippen LogP contribution in [0.3, 0.4) is 0 Å². The highest BCUT2D eigenvalue weighted by molar-refractivity contribution is 5.70. The minimum Gasteiger partial charge on any atom is -0.496 e. The van der Waals surface area contributed by atoms with Crippen LogP contribution in [0.4, 0.5) is 11.6 Å². The van der Waals surface area contributed by atoms with Gasteiger partial charge in [0.25, 0.3) is 0 Å². The van der Waals surface area contributed by atoms with Crippen molar-refractivity contribution < 1.29 is 9.84 Å². The topological polar surface area (TPSA) is 95.9 Å². The molecule has 0 fully saturated rings. The second-order valence-electron chi connectivity index (χ2n) is 5.30. The number of aryl methyl sites for hydroxylation is 1. The molecule has 3 rings (SSSR count). The van der Waals surface area contributed by atoms with Crippen molar-refractivity contribution in [2.45, 2.75) is 13.3 Å². The Morgan fingerprint density at radius 2 is 2.12 bits per heavy atom. The van der Waals surface area contributed by atoms with Gasteiger partial charge >= 0.3 is 0 Å². The number of methoxy groups -OCH3 is 1. The zero-order valence-electron chi connectivity index (χ0n) is 13.6.